The maximum Gasteiger partial charge on any atom is 0.379 e. The molecular formula is C19H14INO4. The summed E-state index contributed by atoms with van der Waals surface area (Å²) >= 11 is 2.25. The summed E-state index contributed by atoms with van der Waals surface area (Å²) in [6.07, 6.45) is 3.14. The van der Waals surface area contributed by atoms with Crippen molar-refractivity contribution in [1.82, 2.24) is 0 Å². The van der Waals surface area contributed by atoms with Gasteiger partial charge in [-0.15, -0.1) is 0 Å². The molecule has 0 spiro atoms. The van der Waals surface area contributed by atoms with Crippen molar-refractivity contribution in [3.63, 3.8) is 0 Å². The van der Waals surface area contributed by atoms with Gasteiger partial charge in [0.1, 0.15) is 0 Å². The monoisotopic (exact) mass is 447 g/mol. The molecule has 0 amide bonds. The molecule has 5 nitrogen and oxygen atoms in total. The van der Waals surface area contributed by atoms with E-state index in [2.05, 4.69) is 27.6 Å². The van der Waals surface area contributed by atoms with E-state index in [9.17, 15) is 4.79 Å². The Morgan fingerprint density at radius 2 is 1.92 bits per heavy atom. The van der Waals surface area contributed by atoms with Gasteiger partial charge < -0.3 is 13.9 Å². The maximum absolute atomic E-state index is 12.0. The normalized spacial score (nSPS) is 10.8. The molecular weight excluding hydrogens is 433 g/mol. The van der Waals surface area contributed by atoms with Gasteiger partial charge in [-0.3, -0.25) is 4.99 Å². The fourth-order valence-corrected chi connectivity index (χ4v) is 2.43. The Morgan fingerprint density at radius 3 is 2.60 bits per heavy atom. The number of methoxy groups -OCH3 is 1. The van der Waals surface area contributed by atoms with Crippen LogP contribution in [0.25, 0.3) is 0 Å². The highest BCUT2D eigenvalue weighted by atomic mass is 127. The molecule has 25 heavy (non-hydrogen) atoms. The lowest BCUT2D eigenvalue weighted by Crippen LogP contribution is -2.08. The number of carbonyl (C=O) groups excluding carboxylic acids is 1. The summed E-state index contributed by atoms with van der Waals surface area (Å²) in [7, 11) is 1.51. The number of rotatable bonds is 5. The molecule has 6 heteroatoms. The largest absolute Gasteiger partial charge is 0.493 e. The van der Waals surface area contributed by atoms with Gasteiger partial charge in [-0.05, 0) is 82.8 Å². The average Bonchev–Trinajstić information content (AvgIpc) is 3.17. The highest BCUT2D eigenvalue weighted by Crippen LogP contribution is 2.28. The van der Waals surface area contributed by atoms with E-state index in [1.165, 1.54) is 19.4 Å². The van der Waals surface area contributed by atoms with Gasteiger partial charge in [0.05, 0.1) is 19.1 Å². The maximum atomic E-state index is 12.0. The molecule has 3 aromatic rings. The minimum Gasteiger partial charge on any atom is -0.493 e. The van der Waals surface area contributed by atoms with Crippen LogP contribution >= 0.6 is 22.6 Å². The summed E-state index contributed by atoms with van der Waals surface area (Å²) in [4.78, 5) is 16.4. The van der Waals surface area contributed by atoms with Crippen molar-refractivity contribution in [2.24, 2.45) is 4.99 Å². The molecule has 0 aliphatic heterocycles. The molecule has 0 N–H and O–H groups in total. The lowest BCUT2D eigenvalue weighted by atomic mass is 10.2. The predicted molar refractivity (Wildman–Crippen MR) is 103 cm³/mol. The Bertz CT molecular complexity index is 886. The third kappa shape index (κ3) is 4.48. The zero-order valence-corrected chi connectivity index (χ0v) is 15.5. The summed E-state index contributed by atoms with van der Waals surface area (Å²) < 4.78 is 16.8. The highest BCUT2D eigenvalue weighted by Gasteiger charge is 2.14. The first-order chi connectivity index (χ1) is 12.2. The van der Waals surface area contributed by atoms with Gasteiger partial charge in [0, 0.05) is 9.78 Å². The first-order valence-corrected chi connectivity index (χ1v) is 8.47. The van der Waals surface area contributed by atoms with Crippen LogP contribution in [0.2, 0.25) is 0 Å². The SMILES string of the molecule is COc1cc(C=Nc2ccc(I)cc2)ccc1OC(=O)c1ccco1. The second-order valence-corrected chi connectivity index (χ2v) is 6.26. The Balaban J connectivity index is 1.77. The quantitative estimate of drug-likeness (QED) is 0.243. The molecule has 3 rings (SSSR count). The molecule has 0 saturated carbocycles. The van der Waals surface area contributed by atoms with Crippen LogP contribution < -0.4 is 9.47 Å². The van der Waals surface area contributed by atoms with Crippen molar-refractivity contribution < 1.29 is 18.7 Å². The smallest absolute Gasteiger partial charge is 0.379 e. The zero-order chi connectivity index (χ0) is 17.6. The van der Waals surface area contributed by atoms with Crippen molar-refractivity contribution >= 4 is 40.5 Å². The van der Waals surface area contributed by atoms with E-state index < -0.39 is 5.97 Å². The topological polar surface area (TPSA) is 61.0 Å². The molecule has 0 bridgehead atoms. The number of halogens is 1. The van der Waals surface area contributed by atoms with E-state index in [1.807, 2.05) is 24.3 Å². The van der Waals surface area contributed by atoms with Crippen LogP contribution in [-0.2, 0) is 0 Å². The summed E-state index contributed by atoms with van der Waals surface area (Å²) in [5.41, 5.74) is 1.68. The average molecular weight is 447 g/mol. The lowest BCUT2D eigenvalue weighted by Gasteiger charge is -2.09. The van der Waals surface area contributed by atoms with Crippen LogP contribution in [0.3, 0.4) is 0 Å². The number of ether oxygens (including phenoxy) is 2. The first-order valence-electron chi connectivity index (χ1n) is 7.39. The van der Waals surface area contributed by atoms with Gasteiger partial charge in [-0.2, -0.15) is 0 Å². The molecule has 0 fully saturated rings. The van der Waals surface area contributed by atoms with Crippen molar-refractivity contribution in [1.29, 1.82) is 0 Å². The molecule has 1 heterocycles. The van der Waals surface area contributed by atoms with Crippen LogP contribution in [0.5, 0.6) is 11.5 Å². The van der Waals surface area contributed by atoms with Gasteiger partial charge in [-0.1, -0.05) is 0 Å². The van der Waals surface area contributed by atoms with E-state index in [0.29, 0.717) is 11.5 Å². The Kier molecular flexibility index (Phi) is 5.49. The predicted octanol–water partition coefficient (Wildman–Crippen LogP) is 4.86. The number of nitrogens with zero attached hydrogens (tertiary/aromatic N) is 1. The number of esters is 1. The standard InChI is InChI=1S/C19H14INO4/c1-23-18-11-13(12-21-15-7-5-14(20)6-8-15)4-9-16(18)25-19(22)17-3-2-10-24-17/h2-12H,1H3. The highest BCUT2D eigenvalue weighted by molar-refractivity contribution is 14.1. The van der Waals surface area contributed by atoms with Gasteiger partial charge in [-0.25, -0.2) is 4.79 Å². The van der Waals surface area contributed by atoms with Crippen molar-refractivity contribution in [3.8, 4) is 11.5 Å². The fraction of sp³-hybridized carbons (Fsp3) is 0.0526. The molecule has 0 radical (unpaired) electrons. The third-order valence-electron chi connectivity index (χ3n) is 3.30. The van der Waals surface area contributed by atoms with Gasteiger partial charge >= 0.3 is 5.97 Å². The lowest BCUT2D eigenvalue weighted by molar-refractivity contribution is 0.0696. The minimum atomic E-state index is -0.580. The molecule has 0 aliphatic rings. The molecule has 126 valence electrons. The first kappa shape index (κ1) is 17.2. The minimum absolute atomic E-state index is 0.131. The second kappa shape index (κ2) is 7.98. The fourth-order valence-electron chi connectivity index (χ4n) is 2.07. The summed E-state index contributed by atoms with van der Waals surface area (Å²) in [5.74, 6) is 0.303. The Labute approximate surface area is 158 Å². The zero-order valence-electron chi connectivity index (χ0n) is 13.3. The molecule has 0 saturated heterocycles. The van der Waals surface area contributed by atoms with E-state index in [4.69, 9.17) is 13.9 Å². The summed E-state index contributed by atoms with van der Waals surface area (Å²) in [6.45, 7) is 0. The van der Waals surface area contributed by atoms with Gasteiger partial charge in [0.2, 0.25) is 5.76 Å². The number of hydrogen-bond acceptors (Lipinski definition) is 5. The van der Waals surface area contributed by atoms with Crippen LogP contribution in [-0.4, -0.2) is 19.3 Å². The Morgan fingerprint density at radius 1 is 1.12 bits per heavy atom. The molecule has 2 aromatic carbocycles. The van der Waals surface area contributed by atoms with Crippen molar-refractivity contribution in [3.05, 3.63) is 75.8 Å². The van der Waals surface area contributed by atoms with Gasteiger partial charge in [0.15, 0.2) is 11.5 Å². The van der Waals surface area contributed by atoms with E-state index in [0.717, 1.165) is 14.8 Å². The molecule has 0 unspecified atom stereocenters. The Hall–Kier alpha value is -2.61. The molecule has 1 aromatic heterocycles. The number of furan rings is 1. The molecule has 0 atom stereocenters. The molecule has 0 aliphatic carbocycles. The third-order valence-corrected chi connectivity index (χ3v) is 4.02. The second-order valence-electron chi connectivity index (χ2n) is 5.01. The number of benzene rings is 2. The van der Waals surface area contributed by atoms with Crippen LogP contribution in [0.1, 0.15) is 16.1 Å². The van der Waals surface area contributed by atoms with Gasteiger partial charge in [0.25, 0.3) is 0 Å². The number of aliphatic imine (C=N–C) groups is 1. The number of hydrogen-bond donors (Lipinski definition) is 0. The van der Waals surface area contributed by atoms with Crippen LogP contribution in [0.15, 0.2) is 70.3 Å². The van der Waals surface area contributed by atoms with Crippen molar-refractivity contribution in [2.45, 2.75) is 0 Å². The van der Waals surface area contributed by atoms with E-state index >= 15 is 0 Å². The van der Waals surface area contributed by atoms with Crippen LogP contribution in [0, 0.1) is 3.57 Å². The number of carbonyl (C=O) groups is 1. The van der Waals surface area contributed by atoms with E-state index in [1.54, 1.807) is 30.5 Å². The summed E-state index contributed by atoms with van der Waals surface area (Å²) in [5, 5.41) is 0. The van der Waals surface area contributed by atoms with E-state index in [-0.39, 0.29) is 5.76 Å². The summed E-state index contributed by atoms with van der Waals surface area (Å²) in [6, 6.07) is 16.2. The van der Waals surface area contributed by atoms with Crippen molar-refractivity contribution in [2.75, 3.05) is 7.11 Å². The van der Waals surface area contributed by atoms with Crippen LogP contribution in [0.4, 0.5) is 5.69 Å².